The van der Waals surface area contributed by atoms with E-state index in [4.69, 9.17) is 10.4 Å². The predicted molar refractivity (Wildman–Crippen MR) is 62.8 cm³/mol. The lowest BCUT2D eigenvalue weighted by Crippen LogP contribution is -2.02. The number of benzene rings is 1. The van der Waals surface area contributed by atoms with Gasteiger partial charge in [-0.05, 0) is 33.1 Å². The van der Waals surface area contributed by atoms with Crippen LogP contribution in [-0.4, -0.2) is 11.1 Å². The number of nitrogens with zero attached hydrogens (tertiary/aromatic N) is 1. The molecule has 0 aliphatic rings. The molecule has 0 bridgehead atoms. The van der Waals surface area contributed by atoms with Crippen molar-refractivity contribution in [1.82, 2.24) is 0 Å². The molecule has 3 nitrogen and oxygen atoms in total. The maximum absolute atomic E-state index is 10.6. The van der Waals surface area contributed by atoms with Gasteiger partial charge < -0.3 is 5.11 Å². The number of carboxylic acids is 1. The number of carbonyl (C=O) groups is 1. The zero-order chi connectivity index (χ0) is 11.4. The van der Waals surface area contributed by atoms with Gasteiger partial charge in [0.05, 0.1) is 12.0 Å². The molecule has 0 heterocycles. The Bertz CT molecular complexity index is 438. The van der Waals surface area contributed by atoms with E-state index in [1.54, 1.807) is 12.1 Å². The van der Waals surface area contributed by atoms with Crippen molar-refractivity contribution < 1.29 is 9.90 Å². The van der Waals surface area contributed by atoms with E-state index >= 15 is 0 Å². The third-order valence-electron chi connectivity index (χ3n) is 1.82. The van der Waals surface area contributed by atoms with Crippen molar-refractivity contribution in [2.75, 3.05) is 0 Å². The fraction of sp³-hybridized carbons (Fsp3) is 0.200. The molecule has 0 unspecified atom stereocenters. The lowest BCUT2D eigenvalue weighted by molar-refractivity contribution is -0.136. The van der Waals surface area contributed by atoms with Crippen molar-refractivity contribution in [3.05, 3.63) is 33.3 Å². The van der Waals surface area contributed by atoms with Gasteiger partial charge in [0.2, 0.25) is 0 Å². The Hall–Kier alpha value is -0.860. The highest BCUT2D eigenvalue weighted by molar-refractivity contribution is 9.10. The van der Waals surface area contributed by atoms with Crippen molar-refractivity contribution in [3.63, 3.8) is 0 Å². The van der Waals surface area contributed by atoms with Gasteiger partial charge in [-0.3, -0.25) is 4.79 Å². The molecular formula is C10H7Br2NO2. The smallest absolute Gasteiger partial charge is 0.307 e. The van der Waals surface area contributed by atoms with E-state index in [0.29, 0.717) is 20.9 Å². The predicted octanol–water partition coefficient (Wildman–Crippen LogP) is 2.84. The summed E-state index contributed by atoms with van der Waals surface area (Å²) in [7, 11) is 0. The van der Waals surface area contributed by atoms with Crippen molar-refractivity contribution in [2.45, 2.75) is 11.8 Å². The third kappa shape index (κ3) is 3.05. The monoisotopic (exact) mass is 331 g/mol. The van der Waals surface area contributed by atoms with Gasteiger partial charge in [-0.1, -0.05) is 22.0 Å². The van der Waals surface area contributed by atoms with Gasteiger partial charge in [0, 0.05) is 9.80 Å². The van der Waals surface area contributed by atoms with Crippen LogP contribution in [0.1, 0.15) is 16.7 Å². The van der Waals surface area contributed by atoms with E-state index in [9.17, 15) is 4.79 Å². The summed E-state index contributed by atoms with van der Waals surface area (Å²) in [5.74, 6) is -0.911. The Morgan fingerprint density at radius 2 is 2.20 bits per heavy atom. The number of hydrogen-bond donors (Lipinski definition) is 1. The summed E-state index contributed by atoms with van der Waals surface area (Å²) >= 11 is 6.51. The quantitative estimate of drug-likeness (QED) is 0.866. The number of carboxylic acid groups (broad SMARTS) is 1. The normalized spacial score (nSPS) is 9.67. The molecule has 0 fully saturated rings. The molecule has 0 amide bonds. The molecule has 0 radical (unpaired) electrons. The molecule has 0 atom stereocenters. The van der Waals surface area contributed by atoms with Crippen LogP contribution in [0.15, 0.2) is 16.6 Å². The zero-order valence-corrected chi connectivity index (χ0v) is 10.8. The van der Waals surface area contributed by atoms with Crippen LogP contribution in [0.3, 0.4) is 0 Å². The first-order chi connectivity index (χ1) is 7.08. The summed E-state index contributed by atoms with van der Waals surface area (Å²) in [5.41, 5.74) is 1.98. The van der Waals surface area contributed by atoms with E-state index in [2.05, 4.69) is 31.9 Å². The summed E-state index contributed by atoms with van der Waals surface area (Å²) in [5, 5.41) is 18.2. The maximum atomic E-state index is 10.6. The van der Waals surface area contributed by atoms with Crippen LogP contribution in [0.5, 0.6) is 0 Å². The van der Waals surface area contributed by atoms with Crippen LogP contribution < -0.4 is 0 Å². The molecule has 1 rings (SSSR count). The number of nitriles is 1. The Morgan fingerprint density at radius 1 is 1.53 bits per heavy atom. The Kier molecular flexibility index (Phi) is 4.30. The summed E-state index contributed by atoms with van der Waals surface area (Å²) in [6.45, 7) is 0. The highest BCUT2D eigenvalue weighted by Gasteiger charge is 2.10. The molecule has 1 aromatic carbocycles. The average Bonchev–Trinajstić information content (AvgIpc) is 2.20. The van der Waals surface area contributed by atoms with E-state index in [0.717, 1.165) is 5.56 Å². The van der Waals surface area contributed by atoms with Gasteiger partial charge in [-0.25, -0.2) is 0 Å². The second-order valence-corrected chi connectivity index (χ2v) is 4.29. The number of halogens is 2. The largest absolute Gasteiger partial charge is 0.481 e. The average molecular weight is 333 g/mol. The van der Waals surface area contributed by atoms with Crippen LogP contribution in [0.4, 0.5) is 0 Å². The number of rotatable bonds is 3. The first-order valence-electron chi connectivity index (χ1n) is 4.07. The van der Waals surface area contributed by atoms with Crippen LogP contribution >= 0.6 is 31.9 Å². The SMILES string of the molecule is N#Cc1cc(CBr)cc(CC(=O)O)c1Br. The molecule has 0 saturated heterocycles. The fourth-order valence-electron chi connectivity index (χ4n) is 1.20. The minimum atomic E-state index is -0.911. The molecule has 0 aromatic heterocycles. The zero-order valence-electron chi connectivity index (χ0n) is 7.63. The number of alkyl halides is 1. The van der Waals surface area contributed by atoms with E-state index in [-0.39, 0.29) is 6.42 Å². The van der Waals surface area contributed by atoms with Crippen molar-refractivity contribution in [2.24, 2.45) is 0 Å². The van der Waals surface area contributed by atoms with Crippen molar-refractivity contribution in [3.8, 4) is 6.07 Å². The van der Waals surface area contributed by atoms with Crippen LogP contribution in [0.2, 0.25) is 0 Å². The molecule has 0 aliphatic carbocycles. The van der Waals surface area contributed by atoms with Crippen molar-refractivity contribution in [1.29, 1.82) is 5.26 Å². The lowest BCUT2D eigenvalue weighted by Gasteiger charge is -2.06. The third-order valence-corrected chi connectivity index (χ3v) is 3.41. The second kappa shape index (κ2) is 5.29. The van der Waals surface area contributed by atoms with Crippen molar-refractivity contribution >= 4 is 37.8 Å². The van der Waals surface area contributed by atoms with Crippen LogP contribution in [0, 0.1) is 11.3 Å². The first kappa shape index (κ1) is 12.2. The van der Waals surface area contributed by atoms with Gasteiger partial charge in [-0.2, -0.15) is 5.26 Å². The van der Waals surface area contributed by atoms with E-state index in [1.165, 1.54) is 0 Å². The minimum absolute atomic E-state index is 0.0872. The molecule has 1 aromatic rings. The summed E-state index contributed by atoms with van der Waals surface area (Å²) < 4.78 is 0.567. The Labute approximate surface area is 104 Å². The van der Waals surface area contributed by atoms with Gasteiger partial charge in [0.1, 0.15) is 6.07 Å². The molecule has 15 heavy (non-hydrogen) atoms. The highest BCUT2D eigenvalue weighted by Crippen LogP contribution is 2.25. The molecule has 0 spiro atoms. The molecule has 1 N–H and O–H groups in total. The molecule has 78 valence electrons. The first-order valence-corrected chi connectivity index (χ1v) is 5.99. The van der Waals surface area contributed by atoms with Crippen LogP contribution in [-0.2, 0) is 16.5 Å². The summed E-state index contributed by atoms with van der Waals surface area (Å²) in [6.07, 6.45) is -0.0872. The van der Waals surface area contributed by atoms with E-state index in [1.807, 2.05) is 6.07 Å². The van der Waals surface area contributed by atoms with E-state index < -0.39 is 5.97 Å². The molecule has 0 saturated carbocycles. The van der Waals surface area contributed by atoms with Crippen LogP contribution in [0.25, 0.3) is 0 Å². The van der Waals surface area contributed by atoms with Gasteiger partial charge in [0.15, 0.2) is 0 Å². The van der Waals surface area contributed by atoms with Gasteiger partial charge in [0.25, 0.3) is 0 Å². The fourth-order valence-corrected chi connectivity index (χ4v) is 1.98. The molecule has 5 heteroatoms. The summed E-state index contributed by atoms with van der Waals surface area (Å²) in [4.78, 5) is 10.6. The summed E-state index contributed by atoms with van der Waals surface area (Å²) in [6, 6.07) is 5.52. The number of hydrogen-bond acceptors (Lipinski definition) is 2. The lowest BCUT2D eigenvalue weighted by atomic mass is 10.0. The topological polar surface area (TPSA) is 61.1 Å². The minimum Gasteiger partial charge on any atom is -0.481 e. The Morgan fingerprint density at radius 3 is 2.67 bits per heavy atom. The number of aliphatic carboxylic acids is 1. The second-order valence-electron chi connectivity index (χ2n) is 2.93. The van der Waals surface area contributed by atoms with Gasteiger partial charge in [-0.15, -0.1) is 0 Å². The van der Waals surface area contributed by atoms with Gasteiger partial charge >= 0.3 is 5.97 Å². The molecular weight excluding hydrogens is 326 g/mol. The highest BCUT2D eigenvalue weighted by atomic mass is 79.9. The molecule has 0 aliphatic heterocycles. The standard InChI is InChI=1S/C10H7Br2NO2/c11-4-6-1-7(3-9(14)15)10(12)8(2-6)5-13/h1-2H,3-4H2,(H,14,15). The maximum Gasteiger partial charge on any atom is 0.307 e. The Balaban J connectivity index is 3.25.